The highest BCUT2D eigenvalue weighted by molar-refractivity contribution is 5.94. The first-order chi connectivity index (χ1) is 10.4. The van der Waals surface area contributed by atoms with Crippen LogP contribution in [0.2, 0.25) is 0 Å². The minimum Gasteiger partial charge on any atom is -0.339 e. The summed E-state index contributed by atoms with van der Waals surface area (Å²) in [6.45, 7) is 0. The number of aromatic nitrogens is 2. The summed E-state index contributed by atoms with van der Waals surface area (Å²) in [4.78, 5) is 18.3. The molecule has 1 aromatic heterocycles. The van der Waals surface area contributed by atoms with Crippen LogP contribution in [0.5, 0.6) is 0 Å². The number of hydrogen-bond acceptors (Lipinski definition) is 4. The second kappa shape index (κ2) is 5.28. The van der Waals surface area contributed by atoms with Crippen molar-refractivity contribution < 1.29 is 18.0 Å². The summed E-state index contributed by atoms with van der Waals surface area (Å²) in [5.74, 6) is -0.0356. The number of nitrogens with zero attached hydrogens (tertiary/aromatic N) is 2. The number of anilines is 3. The van der Waals surface area contributed by atoms with Crippen molar-refractivity contribution in [2.24, 2.45) is 0 Å². The van der Waals surface area contributed by atoms with Gasteiger partial charge in [-0.2, -0.15) is 13.2 Å². The molecule has 1 amide bonds. The zero-order valence-corrected chi connectivity index (χ0v) is 11.2. The third kappa shape index (κ3) is 3.00. The Morgan fingerprint density at radius 2 is 2.00 bits per heavy atom. The average molecular weight is 308 g/mol. The number of halogens is 3. The van der Waals surface area contributed by atoms with Gasteiger partial charge in [-0.1, -0.05) is 0 Å². The highest BCUT2D eigenvalue weighted by Gasteiger charge is 2.33. The number of fused-ring (bicyclic) bond motifs is 1. The van der Waals surface area contributed by atoms with Crippen molar-refractivity contribution in [3.05, 3.63) is 41.9 Å². The molecule has 114 valence electrons. The van der Waals surface area contributed by atoms with E-state index in [9.17, 15) is 18.0 Å². The lowest BCUT2D eigenvalue weighted by molar-refractivity contribution is -0.141. The summed E-state index contributed by atoms with van der Waals surface area (Å²) >= 11 is 0. The van der Waals surface area contributed by atoms with Crippen LogP contribution in [0.4, 0.5) is 30.4 Å². The van der Waals surface area contributed by atoms with Crippen LogP contribution in [0.25, 0.3) is 0 Å². The fourth-order valence-corrected chi connectivity index (χ4v) is 2.17. The number of carbonyl (C=O) groups excluding carboxylic acids is 1. The molecule has 5 nitrogen and oxygen atoms in total. The number of benzene rings is 1. The number of carbonyl (C=O) groups is 1. The topological polar surface area (TPSA) is 66.9 Å². The molecule has 0 aliphatic carbocycles. The number of aryl methyl sites for hydroxylation is 1. The molecular formula is C14H11F3N4O. The molecule has 3 rings (SSSR count). The molecule has 8 heteroatoms. The Bertz CT molecular complexity index is 730. The van der Waals surface area contributed by atoms with Gasteiger partial charge in [-0.3, -0.25) is 9.78 Å². The number of hydrogen-bond donors (Lipinski definition) is 2. The highest BCUT2D eigenvalue weighted by atomic mass is 19.4. The first kappa shape index (κ1) is 14.3. The standard InChI is InChI=1S/C14H11F3N4O/c15-14(16,17)11-6-18-7-12(21-11)19-9-2-3-10-8(5-9)1-4-13(22)20-10/h2-3,5-7H,1,4H2,(H,19,21)(H,20,22). The molecule has 0 unspecified atom stereocenters. The molecule has 0 saturated heterocycles. The van der Waals surface area contributed by atoms with Crippen molar-refractivity contribution in [2.45, 2.75) is 19.0 Å². The Balaban J connectivity index is 1.83. The van der Waals surface area contributed by atoms with Gasteiger partial charge in [0.05, 0.1) is 12.4 Å². The molecule has 1 aliphatic rings. The molecule has 2 heterocycles. The Hall–Kier alpha value is -2.64. The van der Waals surface area contributed by atoms with Crippen molar-refractivity contribution in [1.82, 2.24) is 9.97 Å². The smallest absolute Gasteiger partial charge is 0.339 e. The van der Waals surface area contributed by atoms with Gasteiger partial charge >= 0.3 is 6.18 Å². The van der Waals surface area contributed by atoms with E-state index in [1.807, 2.05) is 0 Å². The van der Waals surface area contributed by atoms with Crippen LogP contribution >= 0.6 is 0 Å². The van der Waals surface area contributed by atoms with Gasteiger partial charge in [-0.25, -0.2) is 4.98 Å². The van der Waals surface area contributed by atoms with Gasteiger partial charge in [0.25, 0.3) is 0 Å². The minimum absolute atomic E-state index is 0.00891. The third-order valence-corrected chi connectivity index (χ3v) is 3.20. The van der Waals surface area contributed by atoms with Crippen LogP contribution in [0.3, 0.4) is 0 Å². The molecule has 1 aromatic carbocycles. The zero-order valence-electron chi connectivity index (χ0n) is 11.2. The van der Waals surface area contributed by atoms with Gasteiger partial charge in [-0.15, -0.1) is 0 Å². The summed E-state index contributed by atoms with van der Waals surface area (Å²) < 4.78 is 37.8. The van der Waals surface area contributed by atoms with E-state index in [0.29, 0.717) is 24.7 Å². The van der Waals surface area contributed by atoms with Crippen LogP contribution < -0.4 is 10.6 Å². The van der Waals surface area contributed by atoms with E-state index in [1.54, 1.807) is 18.2 Å². The Kier molecular flexibility index (Phi) is 3.44. The lowest BCUT2D eigenvalue weighted by Gasteiger charge is -2.18. The summed E-state index contributed by atoms with van der Waals surface area (Å²) in [5, 5.41) is 5.53. The number of nitrogens with one attached hydrogen (secondary N) is 2. The largest absolute Gasteiger partial charge is 0.434 e. The second-order valence-corrected chi connectivity index (χ2v) is 4.83. The van der Waals surface area contributed by atoms with Gasteiger partial charge in [0.1, 0.15) is 5.82 Å². The summed E-state index contributed by atoms with van der Waals surface area (Å²) in [7, 11) is 0. The van der Waals surface area contributed by atoms with E-state index in [2.05, 4.69) is 20.6 Å². The lowest BCUT2D eigenvalue weighted by atomic mass is 10.0. The SMILES string of the molecule is O=C1CCc2cc(Nc3cncc(C(F)(F)F)n3)ccc2N1. The molecular weight excluding hydrogens is 297 g/mol. The predicted octanol–water partition coefficient (Wildman–Crippen LogP) is 3.12. The molecule has 22 heavy (non-hydrogen) atoms. The Labute approximate surface area is 123 Å². The third-order valence-electron chi connectivity index (χ3n) is 3.20. The molecule has 2 N–H and O–H groups in total. The summed E-state index contributed by atoms with van der Waals surface area (Å²) in [6, 6.07) is 5.14. The van der Waals surface area contributed by atoms with Gasteiger partial charge < -0.3 is 10.6 Å². The van der Waals surface area contributed by atoms with Crippen molar-refractivity contribution in [1.29, 1.82) is 0 Å². The monoisotopic (exact) mass is 308 g/mol. The van der Waals surface area contributed by atoms with Crippen molar-refractivity contribution >= 4 is 23.1 Å². The molecule has 0 spiro atoms. The van der Waals surface area contributed by atoms with Crippen LogP contribution in [-0.4, -0.2) is 15.9 Å². The van der Waals surface area contributed by atoms with Crippen LogP contribution in [0, 0.1) is 0 Å². The van der Waals surface area contributed by atoms with Gasteiger partial charge in [0.15, 0.2) is 5.69 Å². The fraction of sp³-hybridized carbons (Fsp3) is 0.214. The Morgan fingerprint density at radius 3 is 2.77 bits per heavy atom. The van der Waals surface area contributed by atoms with Crippen LogP contribution in [0.1, 0.15) is 17.7 Å². The predicted molar refractivity (Wildman–Crippen MR) is 73.7 cm³/mol. The summed E-state index contributed by atoms with van der Waals surface area (Å²) in [5.41, 5.74) is 1.17. The van der Waals surface area contributed by atoms with E-state index in [1.165, 1.54) is 6.20 Å². The van der Waals surface area contributed by atoms with E-state index in [-0.39, 0.29) is 11.7 Å². The molecule has 0 fully saturated rings. The van der Waals surface area contributed by atoms with Crippen LogP contribution in [0.15, 0.2) is 30.6 Å². The molecule has 2 aromatic rings. The maximum atomic E-state index is 12.6. The van der Waals surface area contributed by atoms with Gasteiger partial charge in [0, 0.05) is 17.8 Å². The van der Waals surface area contributed by atoms with Crippen LogP contribution in [-0.2, 0) is 17.4 Å². The number of alkyl halides is 3. The maximum absolute atomic E-state index is 12.6. The Morgan fingerprint density at radius 1 is 1.18 bits per heavy atom. The normalized spacial score (nSPS) is 14.2. The van der Waals surface area contributed by atoms with E-state index >= 15 is 0 Å². The van der Waals surface area contributed by atoms with Crippen molar-refractivity contribution in [3.63, 3.8) is 0 Å². The van der Waals surface area contributed by atoms with Crippen molar-refractivity contribution in [2.75, 3.05) is 10.6 Å². The van der Waals surface area contributed by atoms with E-state index < -0.39 is 11.9 Å². The minimum atomic E-state index is -4.54. The fourth-order valence-electron chi connectivity index (χ4n) is 2.17. The van der Waals surface area contributed by atoms with Gasteiger partial charge in [0.2, 0.25) is 5.91 Å². The lowest BCUT2D eigenvalue weighted by Crippen LogP contribution is -2.18. The van der Waals surface area contributed by atoms with E-state index in [4.69, 9.17) is 0 Å². The van der Waals surface area contributed by atoms with E-state index in [0.717, 1.165) is 11.3 Å². The average Bonchev–Trinajstić information content (AvgIpc) is 2.47. The molecule has 0 radical (unpaired) electrons. The number of rotatable bonds is 2. The molecule has 0 saturated carbocycles. The second-order valence-electron chi connectivity index (χ2n) is 4.83. The number of amides is 1. The maximum Gasteiger partial charge on any atom is 0.434 e. The van der Waals surface area contributed by atoms with Gasteiger partial charge in [-0.05, 0) is 30.2 Å². The summed E-state index contributed by atoms with van der Waals surface area (Å²) in [6.07, 6.45) is -1.67. The highest BCUT2D eigenvalue weighted by Crippen LogP contribution is 2.29. The molecule has 1 aliphatic heterocycles. The molecule has 0 atom stereocenters. The van der Waals surface area contributed by atoms with Crippen molar-refractivity contribution in [3.8, 4) is 0 Å². The molecule has 0 bridgehead atoms. The quantitative estimate of drug-likeness (QED) is 0.894. The first-order valence-corrected chi connectivity index (χ1v) is 6.51. The zero-order chi connectivity index (χ0) is 15.7. The first-order valence-electron chi connectivity index (χ1n) is 6.51.